The highest BCUT2D eigenvalue weighted by atomic mass is 32.2. The fourth-order valence-corrected chi connectivity index (χ4v) is 4.84. The van der Waals surface area contributed by atoms with Gasteiger partial charge >= 0.3 is 5.25 Å². The van der Waals surface area contributed by atoms with E-state index in [0.29, 0.717) is 18.2 Å². The predicted molar refractivity (Wildman–Crippen MR) is 80.0 cm³/mol. The standard InChI is InChI=1S/C14H12F4O5S2/c1-8-3-2-4-12(25(21,22)23)13(8)14(17,18)24(19,20)11-6-5-9(15)7-10(11)16/h2,4-8H,3H2,1H3,(H,21,22,23). The van der Waals surface area contributed by atoms with E-state index in [1.165, 1.54) is 6.08 Å². The average molecular weight is 400 g/mol. The molecule has 1 aliphatic carbocycles. The van der Waals surface area contributed by atoms with Crippen molar-refractivity contribution in [1.82, 2.24) is 0 Å². The minimum Gasteiger partial charge on any atom is -0.282 e. The largest absolute Gasteiger partial charge is 0.373 e. The van der Waals surface area contributed by atoms with E-state index in [4.69, 9.17) is 4.55 Å². The smallest absolute Gasteiger partial charge is 0.282 e. The van der Waals surface area contributed by atoms with Crippen LogP contribution in [0.2, 0.25) is 0 Å². The lowest BCUT2D eigenvalue weighted by atomic mass is 9.93. The number of allylic oxidation sites excluding steroid dienone is 2. The van der Waals surface area contributed by atoms with Crippen LogP contribution in [0.5, 0.6) is 0 Å². The lowest BCUT2D eigenvalue weighted by Gasteiger charge is -2.28. The summed E-state index contributed by atoms with van der Waals surface area (Å²) < 4.78 is 113. The van der Waals surface area contributed by atoms with Gasteiger partial charge in [0.15, 0.2) is 0 Å². The summed E-state index contributed by atoms with van der Waals surface area (Å²) in [6, 6.07) is 0.921. The van der Waals surface area contributed by atoms with Gasteiger partial charge in [-0.3, -0.25) is 4.55 Å². The van der Waals surface area contributed by atoms with Crippen molar-refractivity contribution >= 4 is 20.0 Å². The number of sulfone groups is 1. The Labute approximate surface area is 141 Å². The van der Waals surface area contributed by atoms with E-state index in [1.807, 2.05) is 0 Å². The first-order chi connectivity index (χ1) is 11.3. The minimum absolute atomic E-state index is 0.116. The maximum Gasteiger partial charge on any atom is 0.373 e. The molecule has 0 saturated heterocycles. The fraction of sp³-hybridized carbons (Fsp3) is 0.286. The first kappa shape index (κ1) is 19.6. The number of hydrogen-bond donors (Lipinski definition) is 1. The number of rotatable bonds is 4. The Morgan fingerprint density at radius 3 is 2.28 bits per heavy atom. The van der Waals surface area contributed by atoms with Gasteiger partial charge in [-0.1, -0.05) is 13.0 Å². The molecule has 0 fully saturated rings. The first-order valence-corrected chi connectivity index (χ1v) is 9.68. The molecule has 0 spiro atoms. The Balaban J connectivity index is 2.78. The minimum atomic E-state index is -5.75. The molecular weight excluding hydrogens is 388 g/mol. The molecule has 1 atom stereocenters. The highest BCUT2D eigenvalue weighted by Gasteiger charge is 2.54. The molecule has 0 bridgehead atoms. The Morgan fingerprint density at radius 1 is 1.16 bits per heavy atom. The summed E-state index contributed by atoms with van der Waals surface area (Å²) >= 11 is 0. The first-order valence-electron chi connectivity index (χ1n) is 6.76. The normalized spacial score (nSPS) is 19.4. The molecule has 11 heteroatoms. The van der Waals surface area contributed by atoms with Gasteiger partial charge in [-0.25, -0.2) is 17.2 Å². The molecule has 138 valence electrons. The molecule has 1 aliphatic rings. The van der Waals surface area contributed by atoms with Crippen molar-refractivity contribution in [2.45, 2.75) is 23.5 Å². The van der Waals surface area contributed by atoms with Gasteiger partial charge in [0.25, 0.3) is 20.0 Å². The summed E-state index contributed by atoms with van der Waals surface area (Å²) in [5, 5.41) is -4.85. The summed E-state index contributed by atoms with van der Waals surface area (Å²) in [6.45, 7) is 1.13. The Bertz CT molecular complexity index is 978. The van der Waals surface area contributed by atoms with E-state index >= 15 is 0 Å². The molecule has 0 amide bonds. The number of benzene rings is 1. The molecule has 1 N–H and O–H groups in total. The van der Waals surface area contributed by atoms with E-state index in [2.05, 4.69) is 0 Å². The Kier molecular flexibility index (Phi) is 4.88. The summed E-state index contributed by atoms with van der Waals surface area (Å²) in [7, 11) is -10.9. The van der Waals surface area contributed by atoms with E-state index < -0.39 is 58.1 Å². The third kappa shape index (κ3) is 3.35. The van der Waals surface area contributed by atoms with Crippen molar-refractivity contribution in [3.8, 4) is 0 Å². The molecule has 5 nitrogen and oxygen atoms in total. The quantitative estimate of drug-likeness (QED) is 0.477. The van der Waals surface area contributed by atoms with Crippen LogP contribution in [0.1, 0.15) is 13.3 Å². The van der Waals surface area contributed by atoms with Crippen molar-refractivity contribution in [1.29, 1.82) is 0 Å². The van der Waals surface area contributed by atoms with Crippen LogP contribution in [-0.4, -0.2) is 26.6 Å². The Hall–Kier alpha value is -1.72. The topological polar surface area (TPSA) is 88.5 Å². The van der Waals surface area contributed by atoms with Crippen molar-refractivity contribution < 1.29 is 39.0 Å². The monoisotopic (exact) mass is 400 g/mol. The molecule has 0 heterocycles. The number of hydrogen-bond acceptors (Lipinski definition) is 4. The second-order valence-corrected chi connectivity index (χ2v) is 8.74. The van der Waals surface area contributed by atoms with Crippen LogP contribution in [-0.2, 0) is 20.0 Å². The summed E-state index contributed by atoms with van der Waals surface area (Å²) in [6.07, 6.45) is 1.72. The third-order valence-corrected chi connectivity index (χ3v) is 6.35. The van der Waals surface area contributed by atoms with Gasteiger partial charge in [0.1, 0.15) is 21.4 Å². The lowest BCUT2D eigenvalue weighted by molar-refractivity contribution is 0.119. The van der Waals surface area contributed by atoms with E-state index in [0.717, 1.165) is 6.92 Å². The van der Waals surface area contributed by atoms with Crippen molar-refractivity contribution in [3.05, 3.63) is 52.5 Å². The highest BCUT2D eigenvalue weighted by Crippen LogP contribution is 2.44. The highest BCUT2D eigenvalue weighted by molar-refractivity contribution is 7.93. The maximum atomic E-state index is 14.8. The molecule has 0 aromatic heterocycles. The van der Waals surface area contributed by atoms with Crippen LogP contribution in [0.15, 0.2) is 45.7 Å². The van der Waals surface area contributed by atoms with Gasteiger partial charge in [0.05, 0.1) is 0 Å². The van der Waals surface area contributed by atoms with Gasteiger partial charge in [0, 0.05) is 11.6 Å². The fourth-order valence-electron chi connectivity index (χ4n) is 2.46. The molecule has 25 heavy (non-hydrogen) atoms. The third-order valence-electron chi connectivity index (χ3n) is 3.63. The average Bonchev–Trinajstić information content (AvgIpc) is 2.45. The van der Waals surface area contributed by atoms with Crippen molar-refractivity contribution in [2.24, 2.45) is 5.92 Å². The van der Waals surface area contributed by atoms with Crippen molar-refractivity contribution in [3.63, 3.8) is 0 Å². The Morgan fingerprint density at radius 2 is 1.76 bits per heavy atom. The zero-order valence-electron chi connectivity index (χ0n) is 12.6. The van der Waals surface area contributed by atoms with Gasteiger partial charge in [-0.2, -0.15) is 17.2 Å². The van der Waals surface area contributed by atoms with E-state index in [-0.39, 0.29) is 12.5 Å². The van der Waals surface area contributed by atoms with Gasteiger partial charge in [-0.05, 0) is 30.5 Å². The molecule has 1 aromatic carbocycles. The second-order valence-electron chi connectivity index (χ2n) is 5.39. The number of alkyl halides is 2. The molecular formula is C14H12F4O5S2. The SMILES string of the molecule is CC1CC=CC(S(=O)(=O)O)=C1C(F)(F)S(=O)(=O)c1ccc(F)cc1F. The molecule has 1 aromatic rings. The molecule has 0 saturated carbocycles. The van der Waals surface area contributed by atoms with Gasteiger partial charge < -0.3 is 0 Å². The predicted octanol–water partition coefficient (Wildman–Crippen LogP) is 3.07. The van der Waals surface area contributed by atoms with Gasteiger partial charge in [0.2, 0.25) is 0 Å². The lowest BCUT2D eigenvalue weighted by Crippen LogP contribution is -2.37. The van der Waals surface area contributed by atoms with E-state index in [1.54, 1.807) is 0 Å². The van der Waals surface area contributed by atoms with Crippen LogP contribution >= 0.6 is 0 Å². The molecule has 0 radical (unpaired) electrons. The van der Waals surface area contributed by atoms with Crippen LogP contribution in [0.4, 0.5) is 17.6 Å². The van der Waals surface area contributed by atoms with Gasteiger partial charge in [-0.15, -0.1) is 0 Å². The molecule has 1 unspecified atom stereocenters. The van der Waals surface area contributed by atoms with Crippen LogP contribution in [0, 0.1) is 17.6 Å². The second kappa shape index (κ2) is 6.22. The zero-order valence-corrected chi connectivity index (χ0v) is 14.2. The molecule has 0 aliphatic heterocycles. The van der Waals surface area contributed by atoms with Crippen LogP contribution in [0.3, 0.4) is 0 Å². The van der Waals surface area contributed by atoms with Crippen LogP contribution in [0.25, 0.3) is 0 Å². The zero-order chi connectivity index (χ0) is 19.2. The summed E-state index contributed by atoms with van der Waals surface area (Å²) in [5.74, 6) is -4.19. The summed E-state index contributed by atoms with van der Waals surface area (Å²) in [4.78, 5) is -2.75. The van der Waals surface area contributed by atoms with E-state index in [9.17, 15) is 34.4 Å². The summed E-state index contributed by atoms with van der Waals surface area (Å²) in [5.41, 5.74) is -1.37. The molecule has 2 rings (SSSR count). The van der Waals surface area contributed by atoms with Crippen molar-refractivity contribution in [2.75, 3.05) is 0 Å². The maximum absolute atomic E-state index is 14.8. The van der Waals surface area contributed by atoms with Crippen LogP contribution < -0.4 is 0 Å². The number of halogens is 4.